The number of anilines is 1. The molecule has 0 spiro atoms. The number of rotatable bonds is 1. The van der Waals surface area contributed by atoms with Crippen molar-refractivity contribution in [2.24, 2.45) is 0 Å². The van der Waals surface area contributed by atoms with E-state index < -0.39 is 0 Å². The number of halogens is 1. The number of hydrogen-bond acceptors (Lipinski definition) is 3. The minimum Gasteiger partial charge on any atom is -0.388 e. The third-order valence-corrected chi connectivity index (χ3v) is 3.80. The van der Waals surface area contributed by atoms with E-state index in [0.29, 0.717) is 0 Å². The van der Waals surface area contributed by atoms with Crippen molar-refractivity contribution in [1.29, 1.82) is 0 Å². The highest BCUT2D eigenvalue weighted by atomic mass is 79.9. The first-order valence-corrected chi connectivity index (χ1v) is 5.73. The van der Waals surface area contributed by atoms with Crippen LogP contribution in [0, 0.1) is 6.92 Å². The summed E-state index contributed by atoms with van der Waals surface area (Å²) in [6.45, 7) is 2.07. The van der Waals surface area contributed by atoms with Crippen LogP contribution in [0.25, 0.3) is 11.3 Å². The number of nitrogen functional groups attached to an aromatic ring is 1. The van der Waals surface area contributed by atoms with Gasteiger partial charge in [0.2, 0.25) is 0 Å². The predicted molar refractivity (Wildman–Crippen MR) is 64.4 cm³/mol. The molecule has 14 heavy (non-hydrogen) atoms. The lowest BCUT2D eigenvalue weighted by Gasteiger charge is -2.01. The van der Waals surface area contributed by atoms with Gasteiger partial charge in [-0.05, 0) is 39.9 Å². The van der Waals surface area contributed by atoms with Crippen LogP contribution in [0.15, 0.2) is 28.7 Å². The number of aryl methyl sites for hydroxylation is 1. The molecule has 0 unspecified atom stereocenters. The lowest BCUT2D eigenvalue weighted by atomic mass is 10.1. The van der Waals surface area contributed by atoms with Gasteiger partial charge in [0, 0.05) is 5.56 Å². The summed E-state index contributed by atoms with van der Waals surface area (Å²) in [7, 11) is 0. The van der Waals surface area contributed by atoms with Gasteiger partial charge in [-0.2, -0.15) is 4.37 Å². The molecule has 1 aromatic heterocycles. The first-order chi connectivity index (χ1) is 6.70. The van der Waals surface area contributed by atoms with E-state index in [4.69, 9.17) is 5.73 Å². The Hall–Kier alpha value is -0.870. The maximum atomic E-state index is 5.74. The number of nitrogens with two attached hydrogens (primary N) is 1. The van der Waals surface area contributed by atoms with E-state index in [1.807, 2.05) is 12.1 Å². The molecule has 0 saturated heterocycles. The van der Waals surface area contributed by atoms with Gasteiger partial charge in [-0.3, -0.25) is 0 Å². The topological polar surface area (TPSA) is 38.9 Å². The summed E-state index contributed by atoms with van der Waals surface area (Å²) >= 11 is 4.76. The SMILES string of the molecule is Cc1ccccc1-c1nsc(N)c1Br. The van der Waals surface area contributed by atoms with Crippen molar-refractivity contribution in [2.45, 2.75) is 6.92 Å². The van der Waals surface area contributed by atoms with Crippen molar-refractivity contribution in [2.75, 3.05) is 5.73 Å². The van der Waals surface area contributed by atoms with Gasteiger partial charge >= 0.3 is 0 Å². The minimum absolute atomic E-state index is 0.725. The Morgan fingerprint density at radius 1 is 1.36 bits per heavy atom. The molecule has 0 bridgehead atoms. The van der Waals surface area contributed by atoms with Gasteiger partial charge in [0.25, 0.3) is 0 Å². The fourth-order valence-corrected chi connectivity index (χ4v) is 2.49. The zero-order chi connectivity index (χ0) is 10.1. The molecule has 0 aliphatic heterocycles. The summed E-state index contributed by atoms with van der Waals surface area (Å²) in [6.07, 6.45) is 0. The number of aromatic nitrogens is 1. The Kier molecular flexibility index (Phi) is 2.56. The Labute approximate surface area is 95.1 Å². The average Bonchev–Trinajstić information content (AvgIpc) is 2.49. The summed E-state index contributed by atoms with van der Waals surface area (Å²) in [5.41, 5.74) is 9.01. The van der Waals surface area contributed by atoms with E-state index in [0.717, 1.165) is 20.7 Å². The van der Waals surface area contributed by atoms with Crippen LogP contribution in [0.5, 0.6) is 0 Å². The smallest absolute Gasteiger partial charge is 0.121 e. The molecule has 0 fully saturated rings. The van der Waals surface area contributed by atoms with Gasteiger partial charge in [0.15, 0.2) is 0 Å². The minimum atomic E-state index is 0.725. The fourth-order valence-electron chi connectivity index (χ4n) is 1.30. The molecule has 4 heteroatoms. The number of nitrogens with zero attached hydrogens (tertiary/aromatic N) is 1. The second kappa shape index (κ2) is 3.71. The summed E-state index contributed by atoms with van der Waals surface area (Å²) in [6, 6.07) is 8.14. The number of benzene rings is 1. The van der Waals surface area contributed by atoms with Crippen LogP contribution in [-0.4, -0.2) is 4.37 Å². The Morgan fingerprint density at radius 2 is 2.07 bits per heavy atom. The third kappa shape index (κ3) is 1.55. The van der Waals surface area contributed by atoms with Crippen molar-refractivity contribution in [3.8, 4) is 11.3 Å². The fraction of sp³-hybridized carbons (Fsp3) is 0.100. The van der Waals surface area contributed by atoms with E-state index in [2.05, 4.69) is 39.4 Å². The van der Waals surface area contributed by atoms with Crippen LogP contribution in [0.4, 0.5) is 5.00 Å². The summed E-state index contributed by atoms with van der Waals surface area (Å²) < 4.78 is 5.22. The maximum Gasteiger partial charge on any atom is 0.121 e. The lowest BCUT2D eigenvalue weighted by Crippen LogP contribution is -1.84. The molecule has 0 aliphatic rings. The normalized spacial score (nSPS) is 10.4. The van der Waals surface area contributed by atoms with E-state index in [1.165, 1.54) is 17.1 Å². The highest BCUT2D eigenvalue weighted by molar-refractivity contribution is 9.10. The van der Waals surface area contributed by atoms with Gasteiger partial charge in [-0.15, -0.1) is 0 Å². The molecule has 0 radical (unpaired) electrons. The molecule has 2 aromatic rings. The molecule has 1 aromatic carbocycles. The molecule has 2 rings (SSSR count). The molecule has 2 nitrogen and oxygen atoms in total. The van der Waals surface area contributed by atoms with Crippen LogP contribution in [0.3, 0.4) is 0 Å². The first-order valence-electron chi connectivity index (χ1n) is 4.17. The van der Waals surface area contributed by atoms with Gasteiger partial charge in [-0.25, -0.2) is 0 Å². The van der Waals surface area contributed by atoms with Crippen molar-refractivity contribution in [3.05, 3.63) is 34.3 Å². The highest BCUT2D eigenvalue weighted by Crippen LogP contribution is 2.35. The van der Waals surface area contributed by atoms with Crippen LogP contribution < -0.4 is 5.73 Å². The van der Waals surface area contributed by atoms with Crippen LogP contribution in [-0.2, 0) is 0 Å². The predicted octanol–water partition coefficient (Wildman–Crippen LogP) is 3.46. The van der Waals surface area contributed by atoms with Gasteiger partial charge in [0.1, 0.15) is 10.7 Å². The Morgan fingerprint density at radius 3 is 2.64 bits per heavy atom. The monoisotopic (exact) mass is 268 g/mol. The lowest BCUT2D eigenvalue weighted by molar-refractivity contribution is 1.41. The molecular weight excluding hydrogens is 260 g/mol. The molecule has 2 N–H and O–H groups in total. The quantitative estimate of drug-likeness (QED) is 0.861. The maximum absolute atomic E-state index is 5.74. The molecule has 0 atom stereocenters. The van der Waals surface area contributed by atoms with Crippen molar-refractivity contribution >= 4 is 32.5 Å². The first kappa shape index (κ1) is 9.68. The molecular formula is C10H9BrN2S. The summed E-state index contributed by atoms with van der Waals surface area (Å²) in [5.74, 6) is 0. The van der Waals surface area contributed by atoms with Crippen LogP contribution >= 0.6 is 27.5 Å². The van der Waals surface area contributed by atoms with Gasteiger partial charge in [-0.1, -0.05) is 24.3 Å². The van der Waals surface area contributed by atoms with E-state index >= 15 is 0 Å². The van der Waals surface area contributed by atoms with Crippen molar-refractivity contribution in [3.63, 3.8) is 0 Å². The summed E-state index contributed by atoms with van der Waals surface area (Å²) in [4.78, 5) is 0. The van der Waals surface area contributed by atoms with Gasteiger partial charge in [0.05, 0.1) is 4.47 Å². The highest BCUT2D eigenvalue weighted by Gasteiger charge is 2.11. The van der Waals surface area contributed by atoms with Crippen LogP contribution in [0.1, 0.15) is 5.56 Å². The molecule has 0 aliphatic carbocycles. The largest absolute Gasteiger partial charge is 0.388 e. The van der Waals surface area contributed by atoms with Crippen molar-refractivity contribution in [1.82, 2.24) is 4.37 Å². The molecule has 1 heterocycles. The molecule has 0 amide bonds. The van der Waals surface area contributed by atoms with E-state index in [1.54, 1.807) is 0 Å². The Bertz CT molecular complexity index is 465. The molecule has 0 saturated carbocycles. The second-order valence-electron chi connectivity index (χ2n) is 3.02. The van der Waals surface area contributed by atoms with Crippen LogP contribution in [0.2, 0.25) is 0 Å². The standard InChI is InChI=1S/C10H9BrN2S/c1-6-4-2-3-5-7(6)9-8(11)10(12)14-13-9/h2-5H,12H2,1H3. The van der Waals surface area contributed by atoms with E-state index in [-0.39, 0.29) is 0 Å². The zero-order valence-corrected chi connectivity index (χ0v) is 10.0. The zero-order valence-electron chi connectivity index (χ0n) is 7.62. The molecule has 72 valence electrons. The van der Waals surface area contributed by atoms with Gasteiger partial charge < -0.3 is 5.73 Å². The van der Waals surface area contributed by atoms with Crippen molar-refractivity contribution < 1.29 is 0 Å². The third-order valence-electron chi connectivity index (χ3n) is 2.06. The summed E-state index contributed by atoms with van der Waals surface area (Å²) in [5, 5.41) is 0.725. The number of hydrogen-bond donors (Lipinski definition) is 1. The Balaban J connectivity index is 2.60. The van der Waals surface area contributed by atoms with E-state index in [9.17, 15) is 0 Å². The second-order valence-corrected chi connectivity index (χ2v) is 4.62. The average molecular weight is 269 g/mol.